The Kier molecular flexibility index (Phi) is 4.60. The van der Waals surface area contributed by atoms with Crippen molar-refractivity contribution in [3.63, 3.8) is 0 Å². The van der Waals surface area contributed by atoms with Crippen molar-refractivity contribution in [2.75, 3.05) is 6.61 Å². The van der Waals surface area contributed by atoms with E-state index in [1.165, 1.54) is 19.3 Å². The van der Waals surface area contributed by atoms with Crippen molar-refractivity contribution in [3.05, 3.63) is 0 Å². The van der Waals surface area contributed by atoms with Gasteiger partial charge in [-0.3, -0.25) is 0 Å². The maximum atomic E-state index is 8.88. The smallest absolute Gasteiger partial charge is 0.0445 e. The minimum absolute atomic E-state index is 0.292. The van der Waals surface area contributed by atoms with Gasteiger partial charge in [-0.25, -0.2) is 0 Å². The van der Waals surface area contributed by atoms with E-state index >= 15 is 0 Å². The summed E-state index contributed by atoms with van der Waals surface area (Å²) >= 11 is 0. The average Bonchev–Trinajstić information content (AvgIpc) is 1.99. The number of hydrogen-bond acceptors (Lipinski definition) is 2. The van der Waals surface area contributed by atoms with Gasteiger partial charge in [0.05, 0.1) is 0 Å². The van der Waals surface area contributed by atoms with Crippen LogP contribution in [0.4, 0.5) is 0 Å². The summed E-state index contributed by atoms with van der Waals surface area (Å²) in [5.74, 6) is 0.826. The van der Waals surface area contributed by atoms with E-state index in [0.29, 0.717) is 24.1 Å². The summed E-state index contributed by atoms with van der Waals surface area (Å²) in [6, 6.07) is 1.09. The van der Waals surface area contributed by atoms with Crippen LogP contribution in [0.3, 0.4) is 0 Å². The molecule has 3 atom stereocenters. The van der Waals surface area contributed by atoms with E-state index in [2.05, 4.69) is 33.0 Å². The lowest BCUT2D eigenvalue weighted by atomic mass is 9.70. The molecule has 2 nitrogen and oxygen atoms in total. The van der Waals surface area contributed by atoms with Gasteiger partial charge in [0.1, 0.15) is 0 Å². The Morgan fingerprint density at radius 1 is 1.40 bits per heavy atom. The van der Waals surface area contributed by atoms with Crippen LogP contribution in [0.5, 0.6) is 0 Å². The molecule has 1 rings (SSSR count). The molecule has 1 aliphatic carbocycles. The van der Waals surface area contributed by atoms with Gasteiger partial charge in [0.25, 0.3) is 0 Å². The van der Waals surface area contributed by atoms with Crippen molar-refractivity contribution in [2.24, 2.45) is 11.3 Å². The third-order valence-electron chi connectivity index (χ3n) is 3.47. The van der Waals surface area contributed by atoms with Crippen LogP contribution in [-0.4, -0.2) is 23.8 Å². The van der Waals surface area contributed by atoms with Gasteiger partial charge < -0.3 is 10.4 Å². The average molecular weight is 213 g/mol. The van der Waals surface area contributed by atoms with Gasteiger partial charge in [-0.15, -0.1) is 0 Å². The molecule has 3 unspecified atom stereocenters. The molecule has 0 amide bonds. The summed E-state index contributed by atoms with van der Waals surface area (Å²) in [7, 11) is 0. The van der Waals surface area contributed by atoms with Gasteiger partial charge in [-0.05, 0) is 43.9 Å². The van der Waals surface area contributed by atoms with Crippen molar-refractivity contribution in [2.45, 2.75) is 65.5 Å². The molecule has 1 aliphatic rings. The molecule has 1 saturated carbocycles. The van der Waals surface area contributed by atoms with Crippen molar-refractivity contribution in [1.29, 1.82) is 0 Å². The summed E-state index contributed by atoms with van der Waals surface area (Å²) in [4.78, 5) is 0. The second-order valence-electron chi connectivity index (χ2n) is 6.19. The Balaban J connectivity index is 2.41. The highest BCUT2D eigenvalue weighted by atomic mass is 16.3. The molecule has 2 heteroatoms. The van der Waals surface area contributed by atoms with Gasteiger partial charge in [0, 0.05) is 18.7 Å². The fourth-order valence-electron chi connectivity index (χ4n) is 3.15. The Bertz CT molecular complexity index is 191. The first-order chi connectivity index (χ1) is 6.93. The van der Waals surface area contributed by atoms with Crippen LogP contribution in [0, 0.1) is 11.3 Å². The molecular weight excluding hydrogens is 186 g/mol. The Hall–Kier alpha value is -0.0800. The lowest BCUT2D eigenvalue weighted by Crippen LogP contribution is -2.44. The van der Waals surface area contributed by atoms with Crippen molar-refractivity contribution >= 4 is 0 Å². The number of nitrogens with one attached hydrogen (secondary N) is 1. The topological polar surface area (TPSA) is 32.3 Å². The second-order valence-corrected chi connectivity index (χ2v) is 6.19. The van der Waals surface area contributed by atoms with Gasteiger partial charge in [-0.1, -0.05) is 20.8 Å². The van der Waals surface area contributed by atoms with Crippen molar-refractivity contribution in [3.8, 4) is 0 Å². The van der Waals surface area contributed by atoms with E-state index < -0.39 is 0 Å². The molecule has 0 spiro atoms. The summed E-state index contributed by atoms with van der Waals surface area (Å²) in [6.45, 7) is 9.55. The molecule has 0 radical (unpaired) electrons. The lowest BCUT2D eigenvalue weighted by molar-refractivity contribution is 0.141. The number of rotatable bonds is 4. The molecule has 0 heterocycles. The number of aliphatic hydroxyl groups is 1. The van der Waals surface area contributed by atoms with Crippen LogP contribution in [0.1, 0.15) is 53.4 Å². The van der Waals surface area contributed by atoms with E-state index in [-0.39, 0.29) is 0 Å². The zero-order valence-electron chi connectivity index (χ0n) is 10.7. The first-order valence-electron chi connectivity index (χ1n) is 6.30. The van der Waals surface area contributed by atoms with E-state index in [0.717, 1.165) is 12.3 Å². The van der Waals surface area contributed by atoms with Crippen LogP contribution in [0.2, 0.25) is 0 Å². The maximum Gasteiger partial charge on any atom is 0.0445 e. The molecule has 90 valence electrons. The normalized spacial score (nSPS) is 32.6. The number of aliphatic hydroxyl groups excluding tert-OH is 1. The molecule has 0 aromatic heterocycles. The Morgan fingerprint density at radius 2 is 2.07 bits per heavy atom. The second kappa shape index (κ2) is 5.31. The SMILES string of the molecule is CC1CC(NC(C)CCO)CC(C)(C)C1. The van der Waals surface area contributed by atoms with Gasteiger partial charge >= 0.3 is 0 Å². The third-order valence-corrected chi connectivity index (χ3v) is 3.47. The highest BCUT2D eigenvalue weighted by molar-refractivity contribution is 4.87. The van der Waals surface area contributed by atoms with Crippen LogP contribution in [0.25, 0.3) is 0 Å². The van der Waals surface area contributed by atoms with Crippen LogP contribution >= 0.6 is 0 Å². The summed E-state index contributed by atoms with van der Waals surface area (Å²) in [5.41, 5.74) is 0.480. The van der Waals surface area contributed by atoms with Crippen molar-refractivity contribution < 1.29 is 5.11 Å². The van der Waals surface area contributed by atoms with Crippen LogP contribution in [0.15, 0.2) is 0 Å². The quantitative estimate of drug-likeness (QED) is 0.752. The van der Waals surface area contributed by atoms with Crippen molar-refractivity contribution in [1.82, 2.24) is 5.32 Å². The van der Waals surface area contributed by atoms with Gasteiger partial charge in [-0.2, -0.15) is 0 Å². The molecule has 1 fully saturated rings. The first kappa shape index (κ1) is 13.0. The molecule has 0 saturated heterocycles. The predicted molar refractivity (Wildman–Crippen MR) is 64.9 cm³/mol. The highest BCUT2D eigenvalue weighted by Crippen LogP contribution is 2.38. The monoisotopic (exact) mass is 213 g/mol. The zero-order valence-corrected chi connectivity index (χ0v) is 10.7. The summed E-state index contributed by atoms with van der Waals surface area (Å²) < 4.78 is 0. The van der Waals surface area contributed by atoms with Gasteiger partial charge in [0.15, 0.2) is 0 Å². The predicted octanol–water partition coefficient (Wildman–Crippen LogP) is 2.56. The highest BCUT2D eigenvalue weighted by Gasteiger charge is 2.32. The lowest BCUT2D eigenvalue weighted by Gasteiger charge is -2.40. The van der Waals surface area contributed by atoms with Gasteiger partial charge in [0.2, 0.25) is 0 Å². The number of hydrogen-bond donors (Lipinski definition) is 2. The van der Waals surface area contributed by atoms with E-state index in [1.54, 1.807) is 0 Å². The third kappa shape index (κ3) is 4.52. The van der Waals surface area contributed by atoms with E-state index in [4.69, 9.17) is 5.11 Å². The molecule has 2 N–H and O–H groups in total. The Morgan fingerprint density at radius 3 is 2.60 bits per heavy atom. The largest absolute Gasteiger partial charge is 0.396 e. The molecular formula is C13H27NO. The molecule has 0 aromatic rings. The van der Waals surface area contributed by atoms with Crippen LogP contribution in [-0.2, 0) is 0 Å². The molecule has 0 bridgehead atoms. The van der Waals surface area contributed by atoms with E-state index in [9.17, 15) is 0 Å². The van der Waals surface area contributed by atoms with E-state index in [1.807, 2.05) is 0 Å². The van der Waals surface area contributed by atoms with Crippen LogP contribution < -0.4 is 5.32 Å². The first-order valence-corrected chi connectivity index (χ1v) is 6.30. The fraction of sp³-hybridized carbons (Fsp3) is 1.00. The molecule has 0 aromatic carbocycles. The minimum atomic E-state index is 0.292. The summed E-state index contributed by atoms with van der Waals surface area (Å²) in [6.07, 6.45) is 4.77. The minimum Gasteiger partial charge on any atom is -0.396 e. The summed E-state index contributed by atoms with van der Waals surface area (Å²) in [5, 5.41) is 12.5. The zero-order chi connectivity index (χ0) is 11.5. The maximum absolute atomic E-state index is 8.88. The standard InChI is InChI=1S/C13H27NO/c1-10-7-12(9-13(3,4)8-10)14-11(2)5-6-15/h10-12,14-15H,5-9H2,1-4H3. The Labute approximate surface area is 94.5 Å². The molecule has 15 heavy (non-hydrogen) atoms. The molecule has 0 aliphatic heterocycles. The fourth-order valence-corrected chi connectivity index (χ4v) is 3.15.